The number of unbranched alkanes of at least 4 members (excludes halogenated alkanes) is 1. The molecule has 0 saturated heterocycles. The second-order valence-electron chi connectivity index (χ2n) is 3.00. The van der Waals surface area contributed by atoms with E-state index < -0.39 is 0 Å². The van der Waals surface area contributed by atoms with Crippen LogP contribution in [0.25, 0.3) is 0 Å². The molecule has 1 heterocycles. The second-order valence-corrected chi connectivity index (χ2v) is 3.98. The standard InChI is InChI=1S/C9H16N4S/c1-3-4-5-11-8(10)14-9-12-6-7-13(9)2/h6-7H,3-5H2,1-2H3,(H2,10,11). The molecule has 0 aliphatic carbocycles. The highest BCUT2D eigenvalue weighted by Gasteiger charge is 2.02. The minimum Gasteiger partial charge on any atom is -0.378 e. The van der Waals surface area contributed by atoms with Gasteiger partial charge in [-0.2, -0.15) is 0 Å². The Labute approximate surface area is 88.6 Å². The molecule has 4 nitrogen and oxygen atoms in total. The van der Waals surface area contributed by atoms with Crippen molar-refractivity contribution in [3.05, 3.63) is 12.4 Å². The van der Waals surface area contributed by atoms with Crippen molar-refractivity contribution in [2.24, 2.45) is 17.8 Å². The number of aryl methyl sites for hydroxylation is 1. The van der Waals surface area contributed by atoms with Gasteiger partial charge >= 0.3 is 0 Å². The van der Waals surface area contributed by atoms with E-state index in [0.717, 1.165) is 24.5 Å². The van der Waals surface area contributed by atoms with E-state index in [-0.39, 0.29) is 0 Å². The van der Waals surface area contributed by atoms with Gasteiger partial charge in [0.2, 0.25) is 0 Å². The van der Waals surface area contributed by atoms with Gasteiger partial charge in [-0.15, -0.1) is 0 Å². The van der Waals surface area contributed by atoms with E-state index >= 15 is 0 Å². The number of imidazole rings is 1. The summed E-state index contributed by atoms with van der Waals surface area (Å²) in [6.07, 6.45) is 5.87. The highest BCUT2D eigenvalue weighted by atomic mass is 32.2. The van der Waals surface area contributed by atoms with E-state index in [2.05, 4.69) is 16.9 Å². The van der Waals surface area contributed by atoms with Crippen LogP contribution in [0.1, 0.15) is 19.8 Å². The number of thioether (sulfide) groups is 1. The van der Waals surface area contributed by atoms with Crippen LogP contribution in [0.2, 0.25) is 0 Å². The number of nitrogens with zero attached hydrogens (tertiary/aromatic N) is 3. The Morgan fingerprint density at radius 1 is 1.71 bits per heavy atom. The summed E-state index contributed by atoms with van der Waals surface area (Å²) >= 11 is 1.41. The van der Waals surface area contributed by atoms with Gasteiger partial charge in [-0.3, -0.25) is 4.99 Å². The van der Waals surface area contributed by atoms with Crippen LogP contribution in [-0.4, -0.2) is 21.3 Å². The van der Waals surface area contributed by atoms with Crippen molar-refractivity contribution < 1.29 is 0 Å². The third kappa shape index (κ3) is 3.41. The lowest BCUT2D eigenvalue weighted by Crippen LogP contribution is -2.08. The molecular formula is C9H16N4S. The van der Waals surface area contributed by atoms with Gasteiger partial charge in [0.25, 0.3) is 0 Å². The smallest absolute Gasteiger partial charge is 0.175 e. The minimum absolute atomic E-state index is 0.591. The van der Waals surface area contributed by atoms with Gasteiger partial charge in [0.15, 0.2) is 10.3 Å². The molecule has 0 saturated carbocycles. The Hall–Kier alpha value is -0.970. The van der Waals surface area contributed by atoms with Crippen LogP contribution in [0.4, 0.5) is 0 Å². The van der Waals surface area contributed by atoms with Gasteiger partial charge in [0, 0.05) is 26.0 Å². The van der Waals surface area contributed by atoms with Crippen molar-refractivity contribution in [3.63, 3.8) is 0 Å². The normalized spacial score (nSPS) is 12.0. The molecule has 5 heteroatoms. The maximum absolute atomic E-state index is 5.73. The zero-order valence-corrected chi connectivity index (χ0v) is 9.42. The van der Waals surface area contributed by atoms with E-state index in [1.807, 2.05) is 17.8 Å². The first-order valence-corrected chi connectivity index (χ1v) is 5.50. The Kier molecular flexibility index (Phi) is 4.52. The summed E-state index contributed by atoms with van der Waals surface area (Å²) in [5, 5.41) is 1.47. The molecule has 1 aromatic rings. The molecule has 0 aliphatic rings. The van der Waals surface area contributed by atoms with Gasteiger partial charge in [-0.1, -0.05) is 13.3 Å². The van der Waals surface area contributed by atoms with Gasteiger partial charge < -0.3 is 10.3 Å². The van der Waals surface area contributed by atoms with Gasteiger partial charge in [0.05, 0.1) is 0 Å². The summed E-state index contributed by atoms with van der Waals surface area (Å²) in [5.41, 5.74) is 5.73. The molecule has 1 rings (SSSR count). The lowest BCUT2D eigenvalue weighted by Gasteiger charge is -2.00. The number of hydrogen-bond donors (Lipinski definition) is 1. The quantitative estimate of drug-likeness (QED) is 0.357. The largest absolute Gasteiger partial charge is 0.378 e. The molecule has 78 valence electrons. The highest BCUT2D eigenvalue weighted by molar-refractivity contribution is 8.13. The molecule has 0 aromatic carbocycles. The summed E-state index contributed by atoms with van der Waals surface area (Å²) in [4.78, 5) is 8.38. The maximum Gasteiger partial charge on any atom is 0.175 e. The Bertz CT molecular complexity index is 306. The minimum atomic E-state index is 0.591. The fraction of sp³-hybridized carbons (Fsp3) is 0.556. The Balaban J connectivity index is 2.44. The van der Waals surface area contributed by atoms with Crippen LogP contribution in [0.15, 0.2) is 22.5 Å². The zero-order valence-electron chi connectivity index (χ0n) is 8.60. The van der Waals surface area contributed by atoms with Crippen molar-refractivity contribution in [2.75, 3.05) is 6.54 Å². The average molecular weight is 212 g/mol. The molecule has 0 fully saturated rings. The number of hydrogen-bond acceptors (Lipinski definition) is 3. The number of rotatable bonds is 4. The third-order valence-electron chi connectivity index (χ3n) is 1.75. The van der Waals surface area contributed by atoms with Crippen molar-refractivity contribution in [3.8, 4) is 0 Å². The molecule has 0 radical (unpaired) electrons. The van der Waals surface area contributed by atoms with Crippen molar-refractivity contribution in [1.29, 1.82) is 0 Å². The third-order valence-corrected chi connectivity index (χ3v) is 2.67. The predicted molar refractivity (Wildman–Crippen MR) is 60.5 cm³/mol. The van der Waals surface area contributed by atoms with Crippen molar-refractivity contribution >= 4 is 16.9 Å². The fourth-order valence-electron chi connectivity index (χ4n) is 0.923. The summed E-state index contributed by atoms with van der Waals surface area (Å²) in [5.74, 6) is 0. The molecule has 0 bridgehead atoms. The monoisotopic (exact) mass is 212 g/mol. The lowest BCUT2D eigenvalue weighted by molar-refractivity contribution is 0.791. The molecular weight excluding hydrogens is 196 g/mol. The molecule has 1 aromatic heterocycles. The molecule has 2 N–H and O–H groups in total. The topological polar surface area (TPSA) is 56.2 Å². The number of amidine groups is 1. The van der Waals surface area contributed by atoms with Crippen LogP contribution >= 0.6 is 11.8 Å². The first-order valence-electron chi connectivity index (χ1n) is 4.69. The average Bonchev–Trinajstić information content (AvgIpc) is 2.52. The molecule has 14 heavy (non-hydrogen) atoms. The van der Waals surface area contributed by atoms with Crippen molar-refractivity contribution in [2.45, 2.75) is 24.9 Å². The van der Waals surface area contributed by atoms with E-state index in [1.165, 1.54) is 11.8 Å². The lowest BCUT2D eigenvalue weighted by atomic mass is 10.3. The first kappa shape index (κ1) is 11.1. The van der Waals surface area contributed by atoms with Crippen LogP contribution in [0.5, 0.6) is 0 Å². The van der Waals surface area contributed by atoms with Crippen LogP contribution in [0.3, 0.4) is 0 Å². The van der Waals surface area contributed by atoms with Gasteiger partial charge in [-0.25, -0.2) is 4.98 Å². The molecule has 0 aliphatic heterocycles. The van der Waals surface area contributed by atoms with E-state index in [4.69, 9.17) is 5.73 Å². The number of nitrogens with two attached hydrogens (primary N) is 1. The summed E-state index contributed by atoms with van der Waals surface area (Å²) in [7, 11) is 1.94. The summed E-state index contributed by atoms with van der Waals surface area (Å²) in [6, 6.07) is 0. The zero-order chi connectivity index (χ0) is 10.4. The molecule has 0 spiro atoms. The molecule has 0 atom stereocenters. The Morgan fingerprint density at radius 2 is 2.50 bits per heavy atom. The van der Waals surface area contributed by atoms with E-state index in [1.54, 1.807) is 6.20 Å². The Morgan fingerprint density at radius 3 is 3.07 bits per heavy atom. The van der Waals surface area contributed by atoms with Crippen LogP contribution < -0.4 is 5.73 Å². The van der Waals surface area contributed by atoms with Gasteiger partial charge in [0.1, 0.15) is 0 Å². The highest BCUT2D eigenvalue weighted by Crippen LogP contribution is 2.13. The molecule has 0 amide bonds. The first-order chi connectivity index (χ1) is 6.74. The fourth-order valence-corrected chi connectivity index (χ4v) is 1.58. The predicted octanol–water partition coefficient (Wildman–Crippen LogP) is 1.63. The molecule has 0 unspecified atom stereocenters. The van der Waals surface area contributed by atoms with E-state index in [0.29, 0.717) is 5.17 Å². The SMILES string of the molecule is CCCCN=C(N)Sc1nccn1C. The van der Waals surface area contributed by atoms with Crippen molar-refractivity contribution in [1.82, 2.24) is 9.55 Å². The maximum atomic E-state index is 5.73. The van der Waals surface area contributed by atoms with Crippen LogP contribution in [0, 0.1) is 0 Å². The van der Waals surface area contributed by atoms with Crippen LogP contribution in [-0.2, 0) is 7.05 Å². The number of aromatic nitrogens is 2. The summed E-state index contributed by atoms with van der Waals surface area (Å²) in [6.45, 7) is 2.94. The summed E-state index contributed by atoms with van der Waals surface area (Å²) < 4.78 is 1.92. The second kappa shape index (κ2) is 5.70. The van der Waals surface area contributed by atoms with Gasteiger partial charge in [-0.05, 0) is 18.2 Å². The van der Waals surface area contributed by atoms with E-state index in [9.17, 15) is 0 Å². The number of aliphatic imine (C=N–C) groups is 1.